The standard InChI is InChI=1S/C13H10INO4/c14-9-3-1-2-8(6-9)12(16)15-7-10-4-5-11(19-10)13(17)18/h1-6H,7H2,(H,15,16)(H,17,18). The Morgan fingerprint density at radius 3 is 2.68 bits per heavy atom. The van der Waals surface area contributed by atoms with E-state index < -0.39 is 5.97 Å². The van der Waals surface area contributed by atoms with Gasteiger partial charge in [0.15, 0.2) is 0 Å². The smallest absolute Gasteiger partial charge is 0.371 e. The minimum atomic E-state index is -1.13. The Balaban J connectivity index is 1.98. The third-order valence-corrected chi connectivity index (χ3v) is 3.05. The fourth-order valence-electron chi connectivity index (χ4n) is 1.49. The van der Waals surface area contributed by atoms with Gasteiger partial charge in [-0.2, -0.15) is 0 Å². The number of carboxylic acids is 1. The molecule has 19 heavy (non-hydrogen) atoms. The Labute approximate surface area is 122 Å². The van der Waals surface area contributed by atoms with E-state index >= 15 is 0 Å². The van der Waals surface area contributed by atoms with Crippen molar-refractivity contribution in [3.63, 3.8) is 0 Å². The van der Waals surface area contributed by atoms with Crippen molar-refractivity contribution in [1.29, 1.82) is 0 Å². The number of carbonyl (C=O) groups excluding carboxylic acids is 1. The molecule has 0 bridgehead atoms. The highest BCUT2D eigenvalue weighted by molar-refractivity contribution is 14.1. The second-order valence-electron chi connectivity index (χ2n) is 3.76. The van der Waals surface area contributed by atoms with Gasteiger partial charge in [0, 0.05) is 9.13 Å². The summed E-state index contributed by atoms with van der Waals surface area (Å²) in [6.45, 7) is 0.150. The van der Waals surface area contributed by atoms with Crippen LogP contribution in [-0.4, -0.2) is 17.0 Å². The second-order valence-corrected chi connectivity index (χ2v) is 5.01. The van der Waals surface area contributed by atoms with Crippen molar-refractivity contribution < 1.29 is 19.1 Å². The van der Waals surface area contributed by atoms with Gasteiger partial charge in [0.2, 0.25) is 5.76 Å². The zero-order valence-electron chi connectivity index (χ0n) is 9.72. The van der Waals surface area contributed by atoms with E-state index in [0.717, 1.165) is 3.57 Å². The molecule has 0 aliphatic carbocycles. The monoisotopic (exact) mass is 371 g/mol. The summed E-state index contributed by atoms with van der Waals surface area (Å²) in [5.74, 6) is -1.10. The van der Waals surface area contributed by atoms with Crippen LogP contribution in [0.4, 0.5) is 0 Å². The molecule has 2 aromatic rings. The summed E-state index contributed by atoms with van der Waals surface area (Å²) < 4.78 is 6.01. The fraction of sp³-hybridized carbons (Fsp3) is 0.0769. The van der Waals surface area contributed by atoms with Gasteiger partial charge in [0.1, 0.15) is 5.76 Å². The molecule has 0 atom stereocenters. The van der Waals surface area contributed by atoms with Crippen LogP contribution >= 0.6 is 22.6 Å². The molecule has 0 fully saturated rings. The normalized spacial score (nSPS) is 10.2. The lowest BCUT2D eigenvalue weighted by Crippen LogP contribution is -2.22. The summed E-state index contributed by atoms with van der Waals surface area (Å²) in [7, 11) is 0. The van der Waals surface area contributed by atoms with Gasteiger partial charge in [-0.1, -0.05) is 6.07 Å². The maximum absolute atomic E-state index is 11.8. The minimum Gasteiger partial charge on any atom is -0.475 e. The Kier molecular flexibility index (Phi) is 4.20. The van der Waals surface area contributed by atoms with Crippen LogP contribution in [0.5, 0.6) is 0 Å². The minimum absolute atomic E-state index is 0.140. The van der Waals surface area contributed by atoms with Gasteiger partial charge in [0.05, 0.1) is 6.54 Å². The lowest BCUT2D eigenvalue weighted by atomic mass is 10.2. The van der Waals surface area contributed by atoms with Gasteiger partial charge >= 0.3 is 5.97 Å². The molecular formula is C13H10INO4. The average molecular weight is 371 g/mol. The number of furan rings is 1. The molecule has 1 aromatic carbocycles. The molecule has 0 saturated carbocycles. The quantitative estimate of drug-likeness (QED) is 0.810. The van der Waals surface area contributed by atoms with Crippen LogP contribution < -0.4 is 5.32 Å². The zero-order valence-corrected chi connectivity index (χ0v) is 11.9. The number of benzene rings is 1. The Bertz CT molecular complexity index is 621. The lowest BCUT2D eigenvalue weighted by molar-refractivity contribution is 0.0660. The van der Waals surface area contributed by atoms with Crippen LogP contribution in [0, 0.1) is 3.57 Å². The van der Waals surface area contributed by atoms with Crippen molar-refractivity contribution in [1.82, 2.24) is 5.32 Å². The Hall–Kier alpha value is -1.83. The predicted molar refractivity (Wildman–Crippen MR) is 76.0 cm³/mol. The van der Waals surface area contributed by atoms with Crippen LogP contribution in [0.15, 0.2) is 40.8 Å². The molecule has 1 amide bonds. The van der Waals surface area contributed by atoms with Gasteiger partial charge in [-0.15, -0.1) is 0 Å². The first-order valence-electron chi connectivity index (χ1n) is 5.42. The van der Waals surface area contributed by atoms with E-state index in [2.05, 4.69) is 27.9 Å². The topological polar surface area (TPSA) is 79.5 Å². The maximum atomic E-state index is 11.8. The molecule has 2 N–H and O–H groups in total. The molecular weight excluding hydrogens is 361 g/mol. The first-order valence-corrected chi connectivity index (χ1v) is 6.50. The van der Waals surface area contributed by atoms with E-state index in [-0.39, 0.29) is 18.2 Å². The Morgan fingerprint density at radius 1 is 1.26 bits per heavy atom. The van der Waals surface area contributed by atoms with Crippen LogP contribution in [0.25, 0.3) is 0 Å². The van der Waals surface area contributed by atoms with Crippen molar-refractivity contribution in [3.05, 3.63) is 57.1 Å². The van der Waals surface area contributed by atoms with Gasteiger partial charge in [-0.05, 0) is 52.9 Å². The third kappa shape index (κ3) is 3.57. The van der Waals surface area contributed by atoms with Crippen molar-refractivity contribution in [3.8, 4) is 0 Å². The second kappa shape index (κ2) is 5.87. The van der Waals surface area contributed by atoms with Crippen molar-refractivity contribution in [2.75, 3.05) is 0 Å². The highest BCUT2D eigenvalue weighted by Crippen LogP contribution is 2.10. The molecule has 98 valence electrons. The summed E-state index contributed by atoms with van der Waals surface area (Å²) >= 11 is 2.13. The van der Waals surface area contributed by atoms with Gasteiger partial charge in [-0.25, -0.2) is 4.79 Å². The van der Waals surface area contributed by atoms with E-state index in [9.17, 15) is 9.59 Å². The first kappa shape index (κ1) is 13.6. The number of carbonyl (C=O) groups is 2. The van der Waals surface area contributed by atoms with Crippen LogP contribution in [0.1, 0.15) is 26.7 Å². The van der Waals surface area contributed by atoms with E-state index in [4.69, 9.17) is 9.52 Å². The number of hydrogen-bond donors (Lipinski definition) is 2. The van der Waals surface area contributed by atoms with E-state index in [1.165, 1.54) is 12.1 Å². The number of carboxylic acid groups (broad SMARTS) is 1. The van der Waals surface area contributed by atoms with Gasteiger partial charge < -0.3 is 14.8 Å². The van der Waals surface area contributed by atoms with Crippen molar-refractivity contribution in [2.24, 2.45) is 0 Å². The zero-order chi connectivity index (χ0) is 13.8. The number of rotatable bonds is 4. The third-order valence-electron chi connectivity index (χ3n) is 2.38. The summed E-state index contributed by atoms with van der Waals surface area (Å²) in [6.07, 6.45) is 0. The predicted octanol–water partition coefficient (Wildman–Crippen LogP) is 2.51. The summed E-state index contributed by atoms with van der Waals surface area (Å²) in [5.41, 5.74) is 0.553. The van der Waals surface area contributed by atoms with Crippen LogP contribution in [0.2, 0.25) is 0 Å². The molecule has 0 radical (unpaired) electrons. The summed E-state index contributed by atoms with van der Waals surface area (Å²) in [6, 6.07) is 10.0. The number of nitrogens with one attached hydrogen (secondary N) is 1. The number of aromatic carboxylic acids is 1. The molecule has 6 heteroatoms. The molecule has 1 aromatic heterocycles. The molecule has 0 aliphatic rings. The van der Waals surface area contributed by atoms with E-state index in [1.807, 2.05) is 6.07 Å². The van der Waals surface area contributed by atoms with Crippen LogP contribution in [0.3, 0.4) is 0 Å². The number of hydrogen-bond acceptors (Lipinski definition) is 3. The molecule has 0 aliphatic heterocycles. The SMILES string of the molecule is O=C(NCc1ccc(C(=O)O)o1)c1cccc(I)c1. The summed E-state index contributed by atoms with van der Waals surface area (Å²) in [4.78, 5) is 22.5. The van der Waals surface area contributed by atoms with Crippen molar-refractivity contribution >= 4 is 34.5 Å². The number of amides is 1. The van der Waals surface area contributed by atoms with E-state index in [1.54, 1.807) is 18.2 Å². The largest absolute Gasteiger partial charge is 0.475 e. The molecule has 2 rings (SSSR count). The summed E-state index contributed by atoms with van der Waals surface area (Å²) in [5, 5.41) is 11.4. The molecule has 0 spiro atoms. The average Bonchev–Trinajstić information content (AvgIpc) is 2.85. The highest BCUT2D eigenvalue weighted by atomic mass is 127. The maximum Gasteiger partial charge on any atom is 0.371 e. The lowest BCUT2D eigenvalue weighted by Gasteiger charge is -2.03. The number of halogens is 1. The molecule has 0 saturated heterocycles. The highest BCUT2D eigenvalue weighted by Gasteiger charge is 2.10. The van der Waals surface area contributed by atoms with Crippen LogP contribution in [-0.2, 0) is 6.54 Å². The van der Waals surface area contributed by atoms with E-state index in [0.29, 0.717) is 11.3 Å². The first-order chi connectivity index (χ1) is 9.06. The van der Waals surface area contributed by atoms with Gasteiger partial charge in [0.25, 0.3) is 5.91 Å². The molecule has 1 heterocycles. The molecule has 0 unspecified atom stereocenters. The van der Waals surface area contributed by atoms with Gasteiger partial charge in [-0.3, -0.25) is 4.79 Å². The molecule has 5 nitrogen and oxygen atoms in total. The van der Waals surface area contributed by atoms with Crippen molar-refractivity contribution in [2.45, 2.75) is 6.54 Å². The fourth-order valence-corrected chi connectivity index (χ4v) is 2.03. The Morgan fingerprint density at radius 2 is 2.05 bits per heavy atom.